The third-order valence-corrected chi connectivity index (χ3v) is 7.86. The summed E-state index contributed by atoms with van der Waals surface area (Å²) < 4.78 is 6.52. The van der Waals surface area contributed by atoms with E-state index >= 15 is 0 Å². The zero-order valence-corrected chi connectivity index (χ0v) is 20.7. The van der Waals surface area contributed by atoms with Crippen LogP contribution in [0.4, 0.5) is 5.95 Å². The molecule has 2 aromatic rings. The van der Waals surface area contributed by atoms with Gasteiger partial charge < -0.3 is 14.5 Å². The third kappa shape index (κ3) is 4.17. The molecule has 1 amide bonds. The number of nitrogens with zero attached hydrogens (tertiary/aromatic N) is 4. The van der Waals surface area contributed by atoms with Crippen molar-refractivity contribution in [1.29, 1.82) is 0 Å². The lowest BCUT2D eigenvalue weighted by atomic mass is 9.81. The summed E-state index contributed by atoms with van der Waals surface area (Å²) in [7, 11) is 0. The van der Waals surface area contributed by atoms with Gasteiger partial charge in [-0.25, -0.2) is 9.97 Å². The van der Waals surface area contributed by atoms with Gasteiger partial charge >= 0.3 is 0 Å². The number of fused-ring (bicyclic) bond motifs is 1. The molecular formula is C27H34N4O3. The van der Waals surface area contributed by atoms with E-state index in [9.17, 15) is 9.59 Å². The molecule has 0 atom stereocenters. The number of ketones is 1. The molecule has 7 nitrogen and oxygen atoms in total. The zero-order valence-electron chi connectivity index (χ0n) is 20.7. The Kier molecular flexibility index (Phi) is 5.82. The maximum Gasteiger partial charge on any atom is 0.225 e. The topological polar surface area (TPSA) is 75.6 Å². The molecule has 4 heterocycles. The van der Waals surface area contributed by atoms with Crippen molar-refractivity contribution in [3.05, 3.63) is 46.3 Å². The van der Waals surface area contributed by atoms with Gasteiger partial charge in [-0.3, -0.25) is 9.59 Å². The number of Topliss-reactive ketones (excluding diaryl/α,β-unsaturated/α-hetero) is 1. The molecule has 1 aromatic carbocycles. The summed E-state index contributed by atoms with van der Waals surface area (Å²) in [5, 5.41) is 0. The number of hydrogen-bond acceptors (Lipinski definition) is 6. The van der Waals surface area contributed by atoms with Crippen molar-refractivity contribution in [2.75, 3.05) is 31.1 Å². The van der Waals surface area contributed by atoms with E-state index in [4.69, 9.17) is 4.74 Å². The minimum absolute atomic E-state index is 0.0377. The molecule has 5 rings (SSSR count). The maximum absolute atomic E-state index is 13.3. The number of aryl methyl sites for hydroxylation is 3. The second-order valence-corrected chi connectivity index (χ2v) is 10.3. The molecule has 3 aliphatic rings. The van der Waals surface area contributed by atoms with Crippen LogP contribution in [0.25, 0.3) is 0 Å². The first-order valence-corrected chi connectivity index (χ1v) is 12.4. The van der Waals surface area contributed by atoms with Crippen molar-refractivity contribution in [3.63, 3.8) is 0 Å². The molecule has 0 bridgehead atoms. The fourth-order valence-corrected chi connectivity index (χ4v) is 5.63. The number of anilines is 1. The minimum atomic E-state index is -0.483. The first-order valence-electron chi connectivity index (χ1n) is 12.4. The molecule has 3 aliphatic heterocycles. The van der Waals surface area contributed by atoms with E-state index in [0.29, 0.717) is 37.9 Å². The Labute approximate surface area is 201 Å². The predicted molar refractivity (Wildman–Crippen MR) is 130 cm³/mol. The van der Waals surface area contributed by atoms with Gasteiger partial charge in [-0.15, -0.1) is 0 Å². The number of carbonyl (C=O) groups excluding carboxylic acids is 2. The molecular weight excluding hydrogens is 428 g/mol. The number of hydrogen-bond donors (Lipinski definition) is 0. The second-order valence-electron chi connectivity index (χ2n) is 10.3. The van der Waals surface area contributed by atoms with E-state index < -0.39 is 5.60 Å². The quantitative estimate of drug-likeness (QED) is 0.673. The van der Waals surface area contributed by atoms with Gasteiger partial charge in [0.25, 0.3) is 0 Å². The van der Waals surface area contributed by atoms with Crippen LogP contribution in [0, 0.1) is 33.6 Å². The van der Waals surface area contributed by atoms with Crippen LogP contribution in [-0.2, 0) is 4.79 Å². The van der Waals surface area contributed by atoms with Crippen LogP contribution < -0.4 is 9.64 Å². The van der Waals surface area contributed by atoms with Gasteiger partial charge in [-0.1, -0.05) is 6.07 Å². The van der Waals surface area contributed by atoms with Crippen LogP contribution in [0.15, 0.2) is 18.2 Å². The number of rotatable bonds is 2. The second kappa shape index (κ2) is 8.67. The lowest BCUT2D eigenvalue weighted by Gasteiger charge is -2.45. The summed E-state index contributed by atoms with van der Waals surface area (Å²) >= 11 is 0. The predicted octanol–water partition coefficient (Wildman–Crippen LogP) is 3.95. The number of carbonyl (C=O) groups is 2. The van der Waals surface area contributed by atoms with Crippen LogP contribution in [0.2, 0.25) is 0 Å². The highest BCUT2D eigenvalue weighted by Gasteiger charge is 2.45. The van der Waals surface area contributed by atoms with Crippen LogP contribution in [0.5, 0.6) is 5.75 Å². The Morgan fingerprint density at radius 1 is 1.00 bits per heavy atom. The monoisotopic (exact) mass is 462 g/mol. The van der Waals surface area contributed by atoms with Crippen LogP contribution in [0.3, 0.4) is 0 Å². The number of aromatic nitrogens is 2. The van der Waals surface area contributed by atoms with Crippen LogP contribution in [-0.4, -0.2) is 58.3 Å². The Hall–Kier alpha value is -2.96. The lowest BCUT2D eigenvalue weighted by molar-refractivity contribution is -0.139. The summed E-state index contributed by atoms with van der Waals surface area (Å²) in [5.74, 6) is 1.96. The fourth-order valence-electron chi connectivity index (χ4n) is 5.63. The largest absolute Gasteiger partial charge is 0.486 e. The fraction of sp³-hybridized carbons (Fsp3) is 0.556. The van der Waals surface area contributed by atoms with Crippen molar-refractivity contribution in [2.45, 2.75) is 65.4 Å². The highest BCUT2D eigenvalue weighted by molar-refractivity contribution is 6.01. The van der Waals surface area contributed by atoms with E-state index in [-0.39, 0.29) is 17.6 Å². The zero-order chi connectivity index (χ0) is 24.0. The first kappa shape index (κ1) is 22.8. The summed E-state index contributed by atoms with van der Waals surface area (Å²) in [6, 6.07) is 5.86. The molecule has 0 radical (unpaired) electrons. The number of likely N-dealkylation sites (tertiary alicyclic amines) is 1. The molecule has 2 fully saturated rings. The third-order valence-electron chi connectivity index (χ3n) is 7.86. The molecule has 0 aliphatic carbocycles. The Balaban J connectivity index is 1.20. The van der Waals surface area contributed by atoms with Crippen molar-refractivity contribution >= 4 is 17.6 Å². The van der Waals surface area contributed by atoms with Crippen LogP contribution in [0.1, 0.15) is 65.0 Å². The van der Waals surface area contributed by atoms with Crippen molar-refractivity contribution in [3.8, 4) is 5.75 Å². The smallest absolute Gasteiger partial charge is 0.225 e. The van der Waals surface area contributed by atoms with Gasteiger partial charge in [0, 0.05) is 56.3 Å². The molecule has 7 heteroatoms. The highest BCUT2D eigenvalue weighted by Crippen LogP contribution is 2.42. The number of piperidine rings is 2. The van der Waals surface area contributed by atoms with E-state index in [1.807, 2.05) is 50.8 Å². The number of benzene rings is 1. The number of ether oxygens (including phenoxy) is 1. The summed E-state index contributed by atoms with van der Waals surface area (Å²) in [6.45, 7) is 10.9. The molecule has 0 unspecified atom stereocenters. The molecule has 0 N–H and O–H groups in total. The van der Waals surface area contributed by atoms with Gasteiger partial charge in [-0.05, 0) is 63.8 Å². The lowest BCUT2D eigenvalue weighted by Crippen LogP contribution is -2.54. The molecule has 180 valence electrons. The Morgan fingerprint density at radius 3 is 2.29 bits per heavy atom. The molecule has 1 spiro atoms. The Bertz CT molecular complexity index is 1110. The average Bonchev–Trinajstić information content (AvgIpc) is 2.81. The van der Waals surface area contributed by atoms with E-state index in [1.165, 1.54) is 0 Å². The van der Waals surface area contributed by atoms with E-state index in [0.717, 1.165) is 60.1 Å². The van der Waals surface area contributed by atoms with Gasteiger partial charge in [0.05, 0.1) is 12.0 Å². The molecule has 34 heavy (non-hydrogen) atoms. The maximum atomic E-state index is 13.3. The number of amides is 1. The van der Waals surface area contributed by atoms with Crippen LogP contribution >= 0.6 is 0 Å². The van der Waals surface area contributed by atoms with Gasteiger partial charge in [-0.2, -0.15) is 0 Å². The summed E-state index contributed by atoms with van der Waals surface area (Å²) in [6.07, 6.45) is 3.44. The van der Waals surface area contributed by atoms with Crippen molar-refractivity contribution < 1.29 is 14.3 Å². The average molecular weight is 463 g/mol. The van der Waals surface area contributed by atoms with Crippen molar-refractivity contribution in [2.24, 2.45) is 5.92 Å². The van der Waals surface area contributed by atoms with Gasteiger partial charge in [0.2, 0.25) is 11.9 Å². The molecule has 2 saturated heterocycles. The summed E-state index contributed by atoms with van der Waals surface area (Å²) in [5.41, 5.74) is 4.34. The van der Waals surface area contributed by atoms with Gasteiger partial charge in [0.1, 0.15) is 11.4 Å². The summed E-state index contributed by atoms with van der Waals surface area (Å²) in [4.78, 5) is 39.5. The normalized spacial score (nSPS) is 20.3. The first-order chi connectivity index (χ1) is 16.2. The SMILES string of the molecule is Cc1cc(C)nc(N2CCC(C(=O)N3CCC4(CC3)CC(=O)c3ccc(C)c(C)c3O4)CC2)n1. The van der Waals surface area contributed by atoms with Crippen molar-refractivity contribution in [1.82, 2.24) is 14.9 Å². The Morgan fingerprint density at radius 2 is 1.65 bits per heavy atom. The minimum Gasteiger partial charge on any atom is -0.486 e. The molecule has 0 saturated carbocycles. The van der Waals surface area contributed by atoms with E-state index in [1.54, 1.807) is 0 Å². The highest BCUT2D eigenvalue weighted by atomic mass is 16.5. The molecule has 1 aromatic heterocycles. The van der Waals surface area contributed by atoms with Gasteiger partial charge in [0.15, 0.2) is 5.78 Å². The standard InChI is InChI=1S/C27H34N4O3/c1-17-5-6-22-23(32)16-27(34-24(22)20(17)4)9-13-30(14-10-27)25(33)21-7-11-31(12-8-21)26-28-18(2)15-19(3)29-26/h5-6,15,21H,7-14,16H2,1-4H3. The van der Waals surface area contributed by atoms with E-state index in [2.05, 4.69) is 14.9 Å².